The molecule has 3 heterocycles. The molecule has 0 saturated carbocycles. The molecule has 0 radical (unpaired) electrons. The van der Waals surface area contributed by atoms with Crippen molar-refractivity contribution in [3.8, 4) is 23.0 Å². The molecule has 2 aromatic carbocycles. The molecule has 1 amide bonds. The molecule has 5 rings (SSSR count). The first-order valence-corrected chi connectivity index (χ1v) is 13.0. The Morgan fingerprint density at radius 3 is 2.53 bits per heavy atom. The van der Waals surface area contributed by atoms with E-state index < -0.39 is 0 Å². The van der Waals surface area contributed by atoms with Gasteiger partial charge in [-0.1, -0.05) is 12.5 Å². The minimum Gasteiger partial charge on any atom is -0.496 e. The van der Waals surface area contributed by atoms with E-state index in [1.165, 1.54) is 0 Å². The number of aromatic nitrogens is 1. The maximum atomic E-state index is 14.1. The number of likely N-dealkylation sites (N-methyl/N-ethyl adjacent to an activating group) is 1. The van der Waals surface area contributed by atoms with Crippen LogP contribution in [0.2, 0.25) is 0 Å². The largest absolute Gasteiger partial charge is 0.496 e. The molecule has 9 nitrogen and oxygen atoms in total. The number of rotatable bonds is 8. The quantitative estimate of drug-likeness (QED) is 0.440. The SMILES string of the molecule is COc1ccc(OC)c2nc(N(C)C)c(CN(Cc3ccc4c(c3)OCO4)C(=O)C3CCCCN3C)cc12. The van der Waals surface area contributed by atoms with Crippen LogP contribution in [0.4, 0.5) is 5.82 Å². The Kier molecular flexibility index (Phi) is 7.46. The van der Waals surface area contributed by atoms with E-state index in [1.54, 1.807) is 14.2 Å². The van der Waals surface area contributed by atoms with Gasteiger partial charge in [0, 0.05) is 38.1 Å². The Morgan fingerprint density at radius 1 is 1.03 bits per heavy atom. The molecule has 9 heteroatoms. The molecule has 202 valence electrons. The summed E-state index contributed by atoms with van der Waals surface area (Å²) in [5.74, 6) is 3.72. The lowest BCUT2D eigenvalue weighted by Crippen LogP contribution is -2.48. The topological polar surface area (TPSA) is 76.6 Å². The summed E-state index contributed by atoms with van der Waals surface area (Å²) < 4.78 is 22.4. The van der Waals surface area contributed by atoms with Gasteiger partial charge in [0.25, 0.3) is 0 Å². The molecule has 0 aliphatic carbocycles. The summed E-state index contributed by atoms with van der Waals surface area (Å²) in [4.78, 5) is 25.1. The van der Waals surface area contributed by atoms with Gasteiger partial charge < -0.3 is 28.7 Å². The molecular formula is C29H36N4O5. The summed E-state index contributed by atoms with van der Waals surface area (Å²) in [5.41, 5.74) is 2.64. The number of anilines is 1. The number of ether oxygens (including phenoxy) is 4. The lowest BCUT2D eigenvalue weighted by atomic mass is 10.0. The molecule has 1 unspecified atom stereocenters. The fourth-order valence-electron chi connectivity index (χ4n) is 5.36. The number of carbonyl (C=O) groups excluding carboxylic acids is 1. The number of hydrogen-bond donors (Lipinski definition) is 0. The molecular weight excluding hydrogens is 484 g/mol. The minimum absolute atomic E-state index is 0.118. The van der Waals surface area contributed by atoms with Gasteiger partial charge in [-0.15, -0.1) is 0 Å². The number of piperidine rings is 1. The highest BCUT2D eigenvalue weighted by Gasteiger charge is 2.31. The van der Waals surface area contributed by atoms with Crippen LogP contribution in [0.5, 0.6) is 23.0 Å². The molecule has 0 spiro atoms. The van der Waals surface area contributed by atoms with E-state index >= 15 is 0 Å². The van der Waals surface area contributed by atoms with Crippen molar-refractivity contribution >= 4 is 22.6 Å². The summed E-state index contributed by atoms with van der Waals surface area (Å²) in [6.07, 6.45) is 3.02. The highest BCUT2D eigenvalue weighted by atomic mass is 16.7. The second-order valence-corrected chi connectivity index (χ2v) is 10.1. The van der Waals surface area contributed by atoms with Gasteiger partial charge in [0.15, 0.2) is 11.5 Å². The number of amides is 1. The number of nitrogens with zero attached hydrogens (tertiary/aromatic N) is 4. The summed E-state index contributed by atoms with van der Waals surface area (Å²) in [6, 6.07) is 11.5. The van der Waals surface area contributed by atoms with E-state index in [0.717, 1.165) is 59.4 Å². The van der Waals surface area contributed by atoms with Gasteiger partial charge in [-0.25, -0.2) is 4.98 Å². The number of pyridine rings is 1. The lowest BCUT2D eigenvalue weighted by Gasteiger charge is -2.36. The first kappa shape index (κ1) is 25.9. The van der Waals surface area contributed by atoms with Crippen LogP contribution < -0.4 is 23.8 Å². The van der Waals surface area contributed by atoms with Crippen molar-refractivity contribution in [1.82, 2.24) is 14.8 Å². The van der Waals surface area contributed by atoms with E-state index in [4.69, 9.17) is 23.9 Å². The average molecular weight is 521 g/mol. The van der Waals surface area contributed by atoms with Gasteiger partial charge in [-0.05, 0) is 62.3 Å². The van der Waals surface area contributed by atoms with Crippen molar-refractivity contribution in [3.63, 3.8) is 0 Å². The van der Waals surface area contributed by atoms with Gasteiger partial charge in [0.2, 0.25) is 12.7 Å². The molecule has 0 bridgehead atoms. The summed E-state index contributed by atoms with van der Waals surface area (Å²) in [5, 5.41) is 0.845. The van der Waals surface area contributed by atoms with Crippen LogP contribution in [0.15, 0.2) is 36.4 Å². The lowest BCUT2D eigenvalue weighted by molar-refractivity contribution is -0.139. The maximum Gasteiger partial charge on any atom is 0.240 e. The van der Waals surface area contributed by atoms with Crippen molar-refractivity contribution < 1.29 is 23.7 Å². The Balaban J connectivity index is 1.56. The molecule has 1 aromatic heterocycles. The van der Waals surface area contributed by atoms with Crippen molar-refractivity contribution in [2.45, 2.75) is 38.4 Å². The normalized spacial score (nSPS) is 16.9. The van der Waals surface area contributed by atoms with Crippen molar-refractivity contribution in [2.24, 2.45) is 0 Å². The van der Waals surface area contributed by atoms with Crippen molar-refractivity contribution in [2.75, 3.05) is 53.6 Å². The molecule has 2 aliphatic rings. The molecule has 1 atom stereocenters. The third kappa shape index (κ3) is 5.03. The van der Waals surface area contributed by atoms with Gasteiger partial charge in [0.1, 0.15) is 22.8 Å². The highest BCUT2D eigenvalue weighted by molar-refractivity contribution is 5.92. The van der Waals surface area contributed by atoms with Gasteiger partial charge in [0.05, 0.1) is 20.3 Å². The maximum absolute atomic E-state index is 14.1. The first-order valence-electron chi connectivity index (χ1n) is 13.0. The van der Waals surface area contributed by atoms with Gasteiger partial charge in [-0.2, -0.15) is 0 Å². The Morgan fingerprint density at radius 2 is 1.79 bits per heavy atom. The summed E-state index contributed by atoms with van der Waals surface area (Å²) in [6.45, 7) is 1.98. The fraction of sp³-hybridized carbons (Fsp3) is 0.448. The number of benzene rings is 2. The zero-order valence-electron chi connectivity index (χ0n) is 22.8. The predicted molar refractivity (Wildman–Crippen MR) is 146 cm³/mol. The second kappa shape index (κ2) is 10.9. The van der Waals surface area contributed by atoms with Crippen molar-refractivity contribution in [1.29, 1.82) is 0 Å². The Bertz CT molecular complexity index is 1330. The zero-order valence-corrected chi connectivity index (χ0v) is 22.8. The van der Waals surface area contributed by atoms with E-state index in [0.29, 0.717) is 30.3 Å². The van der Waals surface area contributed by atoms with Crippen LogP contribution in [-0.2, 0) is 17.9 Å². The molecule has 2 aliphatic heterocycles. The third-order valence-corrected chi connectivity index (χ3v) is 7.37. The van der Waals surface area contributed by atoms with Crippen LogP contribution in [0.1, 0.15) is 30.4 Å². The van der Waals surface area contributed by atoms with E-state index in [9.17, 15) is 4.79 Å². The predicted octanol–water partition coefficient (Wildman–Crippen LogP) is 4.06. The van der Waals surface area contributed by atoms with Crippen LogP contribution in [0, 0.1) is 0 Å². The minimum atomic E-state index is -0.149. The van der Waals surface area contributed by atoms with E-state index in [1.807, 2.05) is 61.3 Å². The van der Waals surface area contributed by atoms with Crippen LogP contribution in [0.3, 0.4) is 0 Å². The third-order valence-electron chi connectivity index (χ3n) is 7.37. The van der Waals surface area contributed by atoms with Crippen molar-refractivity contribution in [3.05, 3.63) is 47.5 Å². The van der Waals surface area contributed by atoms with Crippen LogP contribution in [0.25, 0.3) is 10.9 Å². The highest BCUT2D eigenvalue weighted by Crippen LogP contribution is 2.37. The van der Waals surface area contributed by atoms with Crippen LogP contribution in [-0.4, -0.2) is 75.4 Å². The van der Waals surface area contributed by atoms with Crippen LogP contribution >= 0.6 is 0 Å². The molecule has 0 N–H and O–H groups in total. The Labute approximate surface area is 223 Å². The number of methoxy groups -OCH3 is 2. The zero-order chi connectivity index (χ0) is 26.8. The summed E-state index contributed by atoms with van der Waals surface area (Å²) >= 11 is 0. The number of fused-ring (bicyclic) bond motifs is 2. The molecule has 38 heavy (non-hydrogen) atoms. The average Bonchev–Trinajstić information content (AvgIpc) is 3.39. The molecule has 3 aromatic rings. The van der Waals surface area contributed by atoms with Gasteiger partial charge >= 0.3 is 0 Å². The second-order valence-electron chi connectivity index (χ2n) is 10.1. The molecule has 1 fully saturated rings. The van der Waals surface area contributed by atoms with E-state index in [-0.39, 0.29) is 18.7 Å². The fourth-order valence-corrected chi connectivity index (χ4v) is 5.36. The standard InChI is InChI=1S/C29H36N4O5/c1-31(2)28-20(15-21-23(35-4)11-12-25(36-5)27(21)30-28)17-33(29(34)22-8-6-7-13-32(22)3)16-19-9-10-24-26(14-19)38-18-37-24/h9-12,14-15,22H,6-8,13,16-18H2,1-5H3. The smallest absolute Gasteiger partial charge is 0.240 e. The number of carbonyl (C=O) groups is 1. The molecule has 1 saturated heterocycles. The van der Waals surface area contributed by atoms with Gasteiger partial charge in [-0.3, -0.25) is 9.69 Å². The first-order chi connectivity index (χ1) is 18.4. The Hall–Kier alpha value is -3.72. The number of likely N-dealkylation sites (tertiary alicyclic amines) is 1. The van der Waals surface area contributed by atoms with E-state index in [2.05, 4.69) is 11.0 Å². The monoisotopic (exact) mass is 520 g/mol. The summed E-state index contributed by atoms with van der Waals surface area (Å²) in [7, 11) is 9.25. The number of hydrogen-bond acceptors (Lipinski definition) is 8.